The number of amides is 1. The van der Waals surface area contributed by atoms with Crippen LogP contribution in [0.3, 0.4) is 0 Å². The van der Waals surface area contributed by atoms with Gasteiger partial charge in [-0.1, -0.05) is 13.3 Å². The molecular weight excluding hydrogens is 246 g/mol. The number of nitrogens with one attached hydrogen (secondary N) is 1. The van der Waals surface area contributed by atoms with Crippen molar-refractivity contribution in [1.29, 1.82) is 0 Å². The Morgan fingerprint density at radius 3 is 2.50 bits per heavy atom. The zero-order valence-corrected chi connectivity index (χ0v) is 12.0. The minimum atomic E-state index is -0.131. The number of benzene rings is 1. The molecule has 0 aromatic heterocycles. The fourth-order valence-corrected chi connectivity index (χ4v) is 2.52. The Balaban J connectivity index is 2.46. The first-order valence-corrected chi connectivity index (χ1v) is 7.17. The van der Waals surface area contributed by atoms with Gasteiger partial charge in [0.05, 0.1) is 5.25 Å². The monoisotopic (exact) mass is 267 g/mol. The molecule has 100 valence electrons. The number of aromatic hydroxyl groups is 1. The minimum Gasteiger partial charge on any atom is -0.508 e. The third kappa shape index (κ3) is 5.00. The van der Waals surface area contributed by atoms with Gasteiger partial charge in [0.15, 0.2) is 0 Å². The Labute approximate surface area is 113 Å². The molecule has 1 amide bonds. The molecule has 0 aliphatic rings. The highest BCUT2D eigenvalue weighted by Gasteiger charge is 2.15. The fourth-order valence-electron chi connectivity index (χ4n) is 1.65. The molecule has 1 aromatic carbocycles. The van der Waals surface area contributed by atoms with Gasteiger partial charge in [-0.2, -0.15) is 0 Å². The Morgan fingerprint density at radius 2 is 1.94 bits per heavy atom. The molecule has 0 aliphatic heterocycles. The average molecular weight is 267 g/mol. The van der Waals surface area contributed by atoms with E-state index in [9.17, 15) is 9.90 Å². The Hall–Kier alpha value is -1.16. The molecule has 2 N–H and O–H groups in total. The normalized spacial score (nSPS) is 13.9. The average Bonchev–Trinajstić information content (AvgIpc) is 2.32. The first-order valence-electron chi connectivity index (χ1n) is 6.29. The third-order valence-corrected chi connectivity index (χ3v) is 3.74. The number of thioether (sulfide) groups is 1. The zero-order chi connectivity index (χ0) is 13.5. The molecule has 18 heavy (non-hydrogen) atoms. The smallest absolute Gasteiger partial charge is 0.233 e. The van der Waals surface area contributed by atoms with Crippen molar-refractivity contribution in [3.05, 3.63) is 24.3 Å². The van der Waals surface area contributed by atoms with Crippen LogP contribution in [0.4, 0.5) is 0 Å². The molecule has 1 rings (SSSR count). The largest absolute Gasteiger partial charge is 0.508 e. The lowest BCUT2D eigenvalue weighted by molar-refractivity contribution is -0.120. The van der Waals surface area contributed by atoms with E-state index in [0.29, 0.717) is 0 Å². The highest BCUT2D eigenvalue weighted by atomic mass is 32.2. The summed E-state index contributed by atoms with van der Waals surface area (Å²) in [5.74, 6) is 0.307. The maximum absolute atomic E-state index is 11.9. The number of hydrogen-bond acceptors (Lipinski definition) is 3. The van der Waals surface area contributed by atoms with Crippen molar-refractivity contribution in [3.63, 3.8) is 0 Å². The highest BCUT2D eigenvalue weighted by molar-refractivity contribution is 8.00. The minimum absolute atomic E-state index is 0.0639. The van der Waals surface area contributed by atoms with Crippen molar-refractivity contribution >= 4 is 17.7 Å². The van der Waals surface area contributed by atoms with Crippen LogP contribution < -0.4 is 5.32 Å². The zero-order valence-electron chi connectivity index (χ0n) is 11.1. The van der Waals surface area contributed by atoms with Crippen molar-refractivity contribution < 1.29 is 9.90 Å². The van der Waals surface area contributed by atoms with Crippen molar-refractivity contribution in [2.24, 2.45) is 0 Å². The van der Waals surface area contributed by atoms with Crippen molar-refractivity contribution in [2.45, 2.75) is 49.8 Å². The van der Waals surface area contributed by atoms with Gasteiger partial charge in [0.1, 0.15) is 5.75 Å². The van der Waals surface area contributed by atoms with Gasteiger partial charge in [-0.05, 0) is 44.5 Å². The second-order valence-corrected chi connectivity index (χ2v) is 5.87. The second kappa shape index (κ2) is 7.31. The molecule has 1 aromatic rings. The Kier molecular flexibility index (Phi) is 6.05. The molecule has 4 heteroatoms. The van der Waals surface area contributed by atoms with Gasteiger partial charge >= 0.3 is 0 Å². The van der Waals surface area contributed by atoms with E-state index in [4.69, 9.17) is 0 Å². The molecule has 0 fully saturated rings. The summed E-state index contributed by atoms with van der Waals surface area (Å²) in [7, 11) is 0. The summed E-state index contributed by atoms with van der Waals surface area (Å²) in [5.41, 5.74) is 0. The third-order valence-electron chi connectivity index (χ3n) is 2.63. The number of carbonyl (C=O) groups is 1. The van der Waals surface area contributed by atoms with Crippen LogP contribution in [0.2, 0.25) is 0 Å². The summed E-state index contributed by atoms with van der Waals surface area (Å²) in [6.45, 7) is 6.03. The summed E-state index contributed by atoms with van der Waals surface area (Å²) in [4.78, 5) is 12.9. The summed E-state index contributed by atoms with van der Waals surface area (Å²) < 4.78 is 0. The van der Waals surface area contributed by atoms with E-state index in [0.717, 1.165) is 17.7 Å². The summed E-state index contributed by atoms with van der Waals surface area (Å²) in [6.07, 6.45) is 2.07. The molecule has 0 radical (unpaired) electrons. The van der Waals surface area contributed by atoms with Crippen molar-refractivity contribution in [1.82, 2.24) is 5.32 Å². The van der Waals surface area contributed by atoms with E-state index in [-0.39, 0.29) is 22.9 Å². The van der Waals surface area contributed by atoms with Crippen LogP contribution in [0.25, 0.3) is 0 Å². The molecule has 3 nitrogen and oxygen atoms in total. The summed E-state index contributed by atoms with van der Waals surface area (Å²) in [6, 6.07) is 7.13. The lowest BCUT2D eigenvalue weighted by Crippen LogP contribution is -2.37. The first-order chi connectivity index (χ1) is 8.52. The van der Waals surface area contributed by atoms with Crippen LogP contribution in [0.1, 0.15) is 33.6 Å². The number of rotatable bonds is 6. The van der Waals surface area contributed by atoms with Crippen LogP contribution in [-0.2, 0) is 4.79 Å². The van der Waals surface area contributed by atoms with Crippen LogP contribution in [-0.4, -0.2) is 22.3 Å². The summed E-state index contributed by atoms with van der Waals surface area (Å²) in [5, 5.41) is 12.1. The van der Waals surface area contributed by atoms with Crippen molar-refractivity contribution in [3.8, 4) is 5.75 Å². The van der Waals surface area contributed by atoms with E-state index in [1.54, 1.807) is 12.1 Å². The van der Waals surface area contributed by atoms with Crippen LogP contribution in [0.5, 0.6) is 5.75 Å². The first kappa shape index (κ1) is 14.9. The van der Waals surface area contributed by atoms with Crippen LogP contribution in [0, 0.1) is 0 Å². The molecule has 2 unspecified atom stereocenters. The topological polar surface area (TPSA) is 49.3 Å². The van der Waals surface area contributed by atoms with Crippen molar-refractivity contribution in [2.75, 3.05) is 0 Å². The lowest BCUT2D eigenvalue weighted by Gasteiger charge is -2.16. The van der Waals surface area contributed by atoms with Gasteiger partial charge in [-0.15, -0.1) is 11.8 Å². The lowest BCUT2D eigenvalue weighted by atomic mass is 10.2. The summed E-state index contributed by atoms with van der Waals surface area (Å²) >= 11 is 1.50. The standard InChI is InChI=1S/C14H21NO2S/c1-4-5-10(2)15-14(17)11(3)18-13-8-6-12(16)7-9-13/h6-11,16H,4-5H2,1-3H3,(H,15,17). The predicted octanol–water partition coefficient (Wildman–Crippen LogP) is 3.18. The van der Waals surface area contributed by atoms with Gasteiger partial charge in [0.25, 0.3) is 0 Å². The number of phenols is 1. The molecule has 2 atom stereocenters. The number of carbonyl (C=O) groups excluding carboxylic acids is 1. The van der Waals surface area contributed by atoms with E-state index < -0.39 is 0 Å². The number of hydrogen-bond donors (Lipinski definition) is 2. The number of phenolic OH excluding ortho intramolecular Hbond substituents is 1. The van der Waals surface area contributed by atoms with E-state index in [1.807, 2.05) is 26.0 Å². The Morgan fingerprint density at radius 1 is 1.33 bits per heavy atom. The van der Waals surface area contributed by atoms with E-state index in [2.05, 4.69) is 12.2 Å². The second-order valence-electron chi connectivity index (χ2n) is 4.45. The van der Waals surface area contributed by atoms with Gasteiger partial charge in [0, 0.05) is 10.9 Å². The molecule has 0 saturated carbocycles. The molecule has 0 bridgehead atoms. The predicted molar refractivity (Wildman–Crippen MR) is 75.9 cm³/mol. The van der Waals surface area contributed by atoms with Crippen LogP contribution >= 0.6 is 11.8 Å². The van der Waals surface area contributed by atoms with Gasteiger partial charge in [0.2, 0.25) is 5.91 Å². The maximum atomic E-state index is 11.9. The Bertz CT molecular complexity index is 378. The van der Waals surface area contributed by atoms with Crippen LogP contribution in [0.15, 0.2) is 29.2 Å². The van der Waals surface area contributed by atoms with E-state index in [1.165, 1.54) is 11.8 Å². The molecular formula is C14H21NO2S. The van der Waals surface area contributed by atoms with Gasteiger partial charge in [-0.25, -0.2) is 0 Å². The van der Waals surface area contributed by atoms with E-state index >= 15 is 0 Å². The van der Waals surface area contributed by atoms with Gasteiger partial charge < -0.3 is 10.4 Å². The molecule has 0 aliphatic carbocycles. The molecule has 0 saturated heterocycles. The maximum Gasteiger partial charge on any atom is 0.233 e. The highest BCUT2D eigenvalue weighted by Crippen LogP contribution is 2.25. The van der Waals surface area contributed by atoms with Gasteiger partial charge in [-0.3, -0.25) is 4.79 Å². The fraction of sp³-hybridized carbons (Fsp3) is 0.500. The SMILES string of the molecule is CCCC(C)NC(=O)C(C)Sc1ccc(O)cc1. The molecule has 0 heterocycles. The quantitative estimate of drug-likeness (QED) is 0.778. The molecule has 0 spiro atoms.